The van der Waals surface area contributed by atoms with Crippen molar-refractivity contribution in [1.82, 2.24) is 9.55 Å². The SMILES string of the molecule is C[C@H](N=[P+]([O-])Oc1c(OC[C@H]2O[C@@H](n3ccc(=O)[nH]c3=O)[C@](C)(F)[C@@H]2O)ccc2ccccc12)C(=O)OCc1ccccc1. The minimum Gasteiger partial charge on any atom is -0.575 e. The Morgan fingerprint density at radius 2 is 1.89 bits per heavy atom. The third kappa shape index (κ3) is 6.71. The molecule has 1 aliphatic heterocycles. The predicted octanol–water partition coefficient (Wildman–Crippen LogP) is 3.12. The van der Waals surface area contributed by atoms with E-state index in [0.717, 1.165) is 34.7 Å². The number of esters is 1. The van der Waals surface area contributed by atoms with Crippen molar-refractivity contribution in [3.8, 4) is 11.5 Å². The Labute approximate surface area is 251 Å². The van der Waals surface area contributed by atoms with Crippen LogP contribution in [0, 0.1) is 0 Å². The van der Waals surface area contributed by atoms with Gasteiger partial charge in [-0.1, -0.05) is 65.4 Å². The zero-order valence-electron chi connectivity index (χ0n) is 23.7. The van der Waals surface area contributed by atoms with Crippen molar-refractivity contribution in [3.63, 3.8) is 0 Å². The van der Waals surface area contributed by atoms with Crippen molar-refractivity contribution in [2.75, 3.05) is 6.61 Å². The monoisotopic (exact) mass is 625 g/mol. The smallest absolute Gasteiger partial charge is 0.395 e. The quantitative estimate of drug-likeness (QED) is 0.199. The van der Waals surface area contributed by atoms with Crippen LogP contribution in [0.3, 0.4) is 0 Å². The first-order chi connectivity index (χ1) is 21.0. The third-order valence-electron chi connectivity index (χ3n) is 7.07. The van der Waals surface area contributed by atoms with Crippen molar-refractivity contribution in [3.05, 3.63) is 105 Å². The van der Waals surface area contributed by atoms with Gasteiger partial charge in [-0.25, -0.2) is 14.0 Å². The fraction of sp³-hybridized carbons (Fsp3) is 0.300. The molecule has 6 atom stereocenters. The lowest BCUT2D eigenvalue weighted by atomic mass is 9.98. The van der Waals surface area contributed by atoms with E-state index in [1.807, 2.05) is 23.2 Å². The van der Waals surface area contributed by atoms with Gasteiger partial charge in [0.25, 0.3) is 5.56 Å². The van der Waals surface area contributed by atoms with Gasteiger partial charge in [-0.15, -0.1) is 0 Å². The number of nitrogens with zero attached hydrogens (tertiary/aromatic N) is 2. The molecular weight excluding hydrogens is 596 g/mol. The fourth-order valence-corrected chi connectivity index (χ4v) is 5.47. The van der Waals surface area contributed by atoms with Crippen LogP contribution in [0.4, 0.5) is 4.39 Å². The lowest BCUT2D eigenvalue weighted by Gasteiger charge is -2.24. The molecule has 2 N–H and O–H groups in total. The largest absolute Gasteiger partial charge is 0.575 e. The van der Waals surface area contributed by atoms with Crippen molar-refractivity contribution in [1.29, 1.82) is 0 Å². The maximum Gasteiger partial charge on any atom is 0.395 e. The molecule has 1 aromatic heterocycles. The van der Waals surface area contributed by atoms with Crippen LogP contribution < -0.4 is 25.4 Å². The van der Waals surface area contributed by atoms with Crippen LogP contribution in [0.2, 0.25) is 0 Å². The highest BCUT2D eigenvalue weighted by atomic mass is 31.1. The molecule has 0 amide bonds. The summed E-state index contributed by atoms with van der Waals surface area (Å²) in [5.41, 5.74) is -3.21. The van der Waals surface area contributed by atoms with Crippen LogP contribution in [0.25, 0.3) is 10.8 Å². The number of nitrogens with one attached hydrogen (secondary N) is 1. The number of aromatic amines is 1. The summed E-state index contributed by atoms with van der Waals surface area (Å²) in [4.78, 5) is 51.2. The molecule has 2 heterocycles. The molecule has 230 valence electrons. The molecule has 1 unspecified atom stereocenters. The van der Waals surface area contributed by atoms with Gasteiger partial charge in [0, 0.05) is 17.6 Å². The summed E-state index contributed by atoms with van der Waals surface area (Å²) in [6, 6.07) is 19.3. The minimum absolute atomic E-state index is 0.0310. The van der Waals surface area contributed by atoms with Gasteiger partial charge in [0.1, 0.15) is 25.4 Å². The molecule has 4 aromatic rings. The van der Waals surface area contributed by atoms with Crippen molar-refractivity contribution < 1.29 is 37.9 Å². The highest BCUT2D eigenvalue weighted by Gasteiger charge is 2.55. The highest BCUT2D eigenvalue weighted by molar-refractivity contribution is 7.34. The molecule has 5 rings (SSSR count). The van der Waals surface area contributed by atoms with Gasteiger partial charge in [0.15, 0.2) is 23.7 Å². The molecule has 0 saturated carbocycles. The summed E-state index contributed by atoms with van der Waals surface area (Å²) in [7, 11) is -2.79. The van der Waals surface area contributed by atoms with Gasteiger partial charge in [-0.3, -0.25) is 18.9 Å². The maximum absolute atomic E-state index is 15.6. The third-order valence-corrected chi connectivity index (χ3v) is 7.94. The fourth-order valence-electron chi connectivity index (χ4n) is 4.70. The lowest BCUT2D eigenvalue weighted by Crippen LogP contribution is -2.43. The Bertz CT molecular complexity index is 1790. The maximum atomic E-state index is 15.6. The Hall–Kier alpha value is -4.42. The summed E-state index contributed by atoms with van der Waals surface area (Å²) in [5.74, 6) is -0.558. The van der Waals surface area contributed by atoms with Gasteiger partial charge in [0.2, 0.25) is 5.75 Å². The van der Waals surface area contributed by atoms with Crippen molar-refractivity contribution >= 4 is 24.9 Å². The van der Waals surface area contributed by atoms with E-state index >= 15 is 4.39 Å². The predicted molar refractivity (Wildman–Crippen MR) is 156 cm³/mol. The number of aliphatic hydroxyl groups is 1. The van der Waals surface area contributed by atoms with E-state index in [-0.39, 0.29) is 24.7 Å². The minimum atomic E-state index is -2.79. The molecule has 0 spiro atoms. The number of ether oxygens (including phenoxy) is 3. The van der Waals surface area contributed by atoms with E-state index in [9.17, 15) is 24.4 Å². The van der Waals surface area contributed by atoms with Crippen molar-refractivity contribution in [2.45, 2.75) is 50.6 Å². The van der Waals surface area contributed by atoms with Crippen LogP contribution in [-0.2, 0) is 20.9 Å². The summed E-state index contributed by atoms with van der Waals surface area (Å²) in [5, 5.41) is 12.0. The Kier molecular flexibility index (Phi) is 9.21. The van der Waals surface area contributed by atoms with E-state index in [4.69, 9.17) is 18.7 Å². The van der Waals surface area contributed by atoms with Gasteiger partial charge in [-0.2, -0.15) is 0 Å². The van der Waals surface area contributed by atoms with E-state index in [1.54, 1.807) is 42.5 Å². The number of H-pyrrole nitrogens is 1. The summed E-state index contributed by atoms with van der Waals surface area (Å²) in [6.07, 6.45) is -3.44. The zero-order valence-corrected chi connectivity index (χ0v) is 24.6. The van der Waals surface area contributed by atoms with Gasteiger partial charge >= 0.3 is 19.8 Å². The first-order valence-corrected chi connectivity index (χ1v) is 14.7. The second-order valence-corrected chi connectivity index (χ2v) is 11.2. The average molecular weight is 626 g/mol. The number of carbonyl (C=O) groups is 1. The van der Waals surface area contributed by atoms with Gasteiger partial charge in [0.05, 0.1) is 0 Å². The number of rotatable bonds is 10. The molecule has 14 heteroatoms. The number of fused-ring (bicyclic) bond motifs is 1. The number of alkyl halides is 1. The standard InChI is InChI=1S/C30H29FN3O9P/c1-18(27(37)41-16-19-8-4-3-5-9-19)33-44(39)43-25-21-11-7-6-10-20(21)12-13-22(25)40-17-23-26(36)30(2,31)28(42-23)34-15-14-24(35)32-29(34)38/h3-15,18,23,26,28,36H,16-17H2,1-2H3,(H,32,35,38)/t18-,23+,26+,28+,30+/m0/s1. The number of aliphatic hydroxyl groups excluding tert-OH is 1. The summed E-state index contributed by atoms with van der Waals surface area (Å²) >= 11 is 0. The van der Waals surface area contributed by atoms with Crippen LogP contribution in [-0.4, -0.2) is 51.2 Å². The highest BCUT2D eigenvalue weighted by Crippen LogP contribution is 2.43. The first-order valence-electron chi connectivity index (χ1n) is 13.6. The number of benzene rings is 3. The average Bonchev–Trinajstić information content (AvgIpc) is 3.23. The molecule has 1 aliphatic rings. The normalized spacial score (nSPS) is 22.5. The number of aromatic nitrogens is 2. The number of hydrogen-bond donors (Lipinski definition) is 2. The topological polar surface area (TPSA) is 164 Å². The van der Waals surface area contributed by atoms with Crippen LogP contribution in [0.5, 0.6) is 11.5 Å². The van der Waals surface area contributed by atoms with Gasteiger partial charge < -0.3 is 24.2 Å². The van der Waals surface area contributed by atoms with E-state index in [1.165, 1.54) is 13.0 Å². The van der Waals surface area contributed by atoms with Crippen LogP contribution in [0.15, 0.2) is 93.3 Å². The molecule has 0 aliphatic carbocycles. The number of carbonyl (C=O) groups excluding carboxylic acids is 1. The van der Waals surface area contributed by atoms with E-state index in [2.05, 4.69) is 4.74 Å². The number of hydrogen-bond acceptors (Lipinski definition) is 10. The number of halogens is 1. The molecular formula is C30H29FN3O9P. The molecule has 1 saturated heterocycles. The molecule has 0 radical (unpaired) electrons. The molecule has 3 aromatic carbocycles. The first kappa shape index (κ1) is 31.0. The van der Waals surface area contributed by atoms with E-state index in [0.29, 0.717) is 5.39 Å². The second-order valence-electron chi connectivity index (χ2n) is 10.3. The molecule has 44 heavy (non-hydrogen) atoms. The molecule has 1 fully saturated rings. The molecule has 0 bridgehead atoms. The lowest BCUT2D eigenvalue weighted by molar-refractivity contribution is -0.169. The van der Waals surface area contributed by atoms with Gasteiger partial charge in [-0.05, 0) is 30.9 Å². The Balaban J connectivity index is 1.33. The summed E-state index contributed by atoms with van der Waals surface area (Å²) in [6.45, 7) is 2.15. The Morgan fingerprint density at radius 1 is 1.16 bits per heavy atom. The van der Waals surface area contributed by atoms with Crippen molar-refractivity contribution in [2.24, 2.45) is 4.74 Å². The van der Waals surface area contributed by atoms with Crippen LogP contribution in [0.1, 0.15) is 25.6 Å². The molecule has 12 nitrogen and oxygen atoms in total. The Morgan fingerprint density at radius 3 is 2.64 bits per heavy atom. The summed E-state index contributed by atoms with van der Waals surface area (Å²) < 4.78 is 42.9. The zero-order chi connectivity index (χ0) is 31.4. The van der Waals surface area contributed by atoms with E-state index < -0.39 is 55.5 Å². The van der Waals surface area contributed by atoms with Crippen LogP contribution >= 0.6 is 8.17 Å². The second kappa shape index (κ2) is 13.1.